The second kappa shape index (κ2) is 14.0. The van der Waals surface area contributed by atoms with Gasteiger partial charge in [-0.05, 0) is 41.0 Å². The number of imidazole rings is 1. The fraction of sp³-hybridized carbons (Fsp3) is 0.314. The van der Waals surface area contributed by atoms with Crippen LogP contribution in [0.1, 0.15) is 22.9 Å². The van der Waals surface area contributed by atoms with Gasteiger partial charge in [0.05, 0.1) is 33.5 Å². The predicted octanol–water partition coefficient (Wildman–Crippen LogP) is 3.64. The second-order valence-electron chi connectivity index (χ2n) is 11.5. The molecule has 1 unspecified atom stereocenters. The maximum Gasteiger partial charge on any atom is 0.280 e. The Morgan fingerprint density at radius 2 is 1.56 bits per heavy atom. The predicted molar refractivity (Wildman–Crippen MR) is 179 cm³/mol. The Morgan fingerprint density at radius 3 is 2.12 bits per heavy atom. The number of methoxy groups -OCH3 is 3. The average molecular weight is 655 g/mol. The Morgan fingerprint density at radius 1 is 0.958 bits per heavy atom. The number of fused-ring (bicyclic) bond motifs is 1. The maximum absolute atomic E-state index is 12.8. The smallest absolute Gasteiger partial charge is 0.280 e. The highest BCUT2D eigenvalue weighted by Crippen LogP contribution is 2.43. The molecule has 0 radical (unpaired) electrons. The summed E-state index contributed by atoms with van der Waals surface area (Å²) in [5, 5.41) is 11.6. The number of rotatable bonds is 12. The number of ether oxygens (including phenoxy) is 5. The van der Waals surface area contributed by atoms with E-state index in [4.69, 9.17) is 23.7 Å². The van der Waals surface area contributed by atoms with Gasteiger partial charge in [0.15, 0.2) is 17.4 Å². The second-order valence-corrected chi connectivity index (χ2v) is 11.5. The number of H-pyrrole nitrogens is 1. The highest BCUT2D eigenvalue weighted by Gasteiger charge is 2.48. The van der Waals surface area contributed by atoms with Crippen molar-refractivity contribution in [1.82, 2.24) is 24.4 Å². The lowest BCUT2D eigenvalue weighted by molar-refractivity contribution is -0.0948. The van der Waals surface area contributed by atoms with E-state index in [0.717, 1.165) is 16.7 Å². The van der Waals surface area contributed by atoms with Crippen molar-refractivity contribution < 1.29 is 28.8 Å². The summed E-state index contributed by atoms with van der Waals surface area (Å²) in [5.74, 6) is 1.50. The third-order valence-electron chi connectivity index (χ3n) is 8.33. The number of benzene rings is 3. The van der Waals surface area contributed by atoms with E-state index in [9.17, 15) is 9.90 Å². The van der Waals surface area contributed by atoms with Crippen LogP contribution in [-0.2, 0) is 19.8 Å². The highest BCUT2D eigenvalue weighted by atomic mass is 16.6. The number of aliphatic hydroxyl groups excluding tert-OH is 1. The zero-order valence-corrected chi connectivity index (χ0v) is 27.3. The zero-order chi connectivity index (χ0) is 33.8. The fourth-order valence-corrected chi connectivity index (χ4v) is 5.95. The topological polar surface area (TPSA) is 146 Å². The number of nitrogens with zero attached hydrogens (tertiary/aromatic N) is 5. The Hall–Kier alpha value is -5.08. The molecule has 2 N–H and O–H groups in total. The van der Waals surface area contributed by atoms with Gasteiger partial charge in [0.1, 0.15) is 35.4 Å². The molecule has 48 heavy (non-hydrogen) atoms. The van der Waals surface area contributed by atoms with Gasteiger partial charge in [-0.25, -0.2) is 9.98 Å². The number of nitrogens with one attached hydrogen (secondary N) is 1. The molecule has 5 aromatic rings. The van der Waals surface area contributed by atoms with Crippen LogP contribution in [0.25, 0.3) is 11.2 Å². The van der Waals surface area contributed by atoms with Gasteiger partial charge in [0.25, 0.3) is 5.56 Å². The van der Waals surface area contributed by atoms with Crippen molar-refractivity contribution in [2.45, 2.75) is 30.1 Å². The van der Waals surface area contributed by atoms with Crippen LogP contribution in [-0.4, -0.2) is 96.2 Å². The molecule has 1 aliphatic rings. The van der Waals surface area contributed by atoms with Gasteiger partial charge in [0, 0.05) is 21.2 Å². The monoisotopic (exact) mass is 654 g/mol. The van der Waals surface area contributed by atoms with E-state index in [1.54, 1.807) is 37.8 Å². The van der Waals surface area contributed by atoms with E-state index in [0.29, 0.717) is 11.5 Å². The molecule has 1 saturated heterocycles. The summed E-state index contributed by atoms with van der Waals surface area (Å²) in [5.41, 5.74) is 1.29. The SMILES string of the molecule is COc1ccc(C(OC[C@H]2O[C@@H](n3cnc4c(=O)[nH]c(N=CN(C)C)nc43)C(OC)[C@H]2O)(c2ccccc2)c2ccc(OC)cc2)cc1. The van der Waals surface area contributed by atoms with Crippen LogP contribution in [0.15, 0.2) is 95.0 Å². The van der Waals surface area contributed by atoms with E-state index >= 15 is 0 Å². The van der Waals surface area contributed by atoms with E-state index in [2.05, 4.69) is 19.9 Å². The molecule has 0 saturated carbocycles. The Labute approximate surface area is 277 Å². The number of hydrogen-bond donors (Lipinski definition) is 2. The van der Waals surface area contributed by atoms with Crippen LogP contribution < -0.4 is 15.0 Å². The Kier molecular flexibility index (Phi) is 9.55. The Balaban J connectivity index is 1.39. The summed E-state index contributed by atoms with van der Waals surface area (Å²) in [6.45, 7) is -0.0382. The fourth-order valence-electron chi connectivity index (χ4n) is 5.95. The minimum Gasteiger partial charge on any atom is -0.497 e. The standard InChI is InChI=1S/C35H38N6O7/c1-40(2)20-37-34-38-31-28(32(43)39-34)36-21-41(31)33-30(46-5)29(42)27(48-33)19-47-35(22-9-7-6-8-10-22,23-11-15-25(44-3)16-12-23)24-13-17-26(45-4)18-14-24/h6-18,20-21,27,29-30,33,42H,19H2,1-5H3,(H,38,39,43)/t27-,29+,30?,33-/m1/s1. The normalized spacial score (nSPS) is 19.6. The molecule has 0 bridgehead atoms. The summed E-state index contributed by atoms with van der Waals surface area (Å²) in [7, 11) is 8.34. The van der Waals surface area contributed by atoms with Crippen molar-refractivity contribution >= 4 is 23.5 Å². The molecule has 250 valence electrons. The first-order valence-electron chi connectivity index (χ1n) is 15.3. The third-order valence-corrected chi connectivity index (χ3v) is 8.33. The van der Waals surface area contributed by atoms with Crippen LogP contribution in [0.3, 0.4) is 0 Å². The maximum atomic E-state index is 12.8. The third kappa shape index (κ3) is 6.16. The summed E-state index contributed by atoms with van der Waals surface area (Å²) in [6.07, 6.45) is -0.690. The lowest BCUT2D eigenvalue weighted by atomic mass is 9.80. The first-order valence-corrected chi connectivity index (χ1v) is 15.3. The summed E-state index contributed by atoms with van der Waals surface area (Å²) in [6, 6.07) is 25.2. The molecule has 6 rings (SSSR count). The molecule has 4 atom stereocenters. The lowest BCUT2D eigenvalue weighted by Crippen LogP contribution is -2.40. The molecular formula is C35H38N6O7. The number of aliphatic imine (C=N–C) groups is 1. The highest BCUT2D eigenvalue weighted by molar-refractivity contribution is 5.71. The number of aliphatic hydroxyl groups is 1. The number of aromatic amines is 1. The molecule has 1 aliphatic heterocycles. The van der Waals surface area contributed by atoms with E-state index in [1.807, 2.05) is 78.9 Å². The largest absolute Gasteiger partial charge is 0.497 e. The minimum absolute atomic E-state index is 0.0382. The molecule has 0 amide bonds. The van der Waals surface area contributed by atoms with Crippen molar-refractivity contribution in [3.8, 4) is 11.5 Å². The first-order chi connectivity index (χ1) is 23.3. The van der Waals surface area contributed by atoms with Crippen LogP contribution in [0, 0.1) is 0 Å². The van der Waals surface area contributed by atoms with Gasteiger partial charge in [-0.2, -0.15) is 4.98 Å². The molecule has 0 aliphatic carbocycles. The molecule has 3 heterocycles. The molecule has 1 fully saturated rings. The summed E-state index contributed by atoms with van der Waals surface area (Å²) < 4.78 is 31.7. The van der Waals surface area contributed by atoms with Gasteiger partial charge in [-0.15, -0.1) is 0 Å². The quantitative estimate of drug-likeness (QED) is 0.116. The molecule has 2 aromatic heterocycles. The minimum atomic E-state index is -1.13. The van der Waals surface area contributed by atoms with Crippen molar-refractivity contribution in [2.24, 2.45) is 4.99 Å². The van der Waals surface area contributed by atoms with Crippen LogP contribution in [0.5, 0.6) is 11.5 Å². The molecule has 3 aromatic carbocycles. The molecule has 0 spiro atoms. The Bertz CT molecular complexity index is 1860. The van der Waals surface area contributed by atoms with Crippen molar-refractivity contribution in [2.75, 3.05) is 42.0 Å². The van der Waals surface area contributed by atoms with E-state index < -0.39 is 35.7 Å². The molecule has 13 nitrogen and oxygen atoms in total. The van der Waals surface area contributed by atoms with Gasteiger partial charge in [-0.3, -0.25) is 14.3 Å². The van der Waals surface area contributed by atoms with Crippen molar-refractivity contribution in [3.63, 3.8) is 0 Å². The van der Waals surface area contributed by atoms with Gasteiger partial charge in [0.2, 0.25) is 5.95 Å². The van der Waals surface area contributed by atoms with Gasteiger partial charge >= 0.3 is 0 Å². The zero-order valence-electron chi connectivity index (χ0n) is 27.3. The molecule has 13 heteroatoms. The van der Waals surface area contributed by atoms with Crippen LogP contribution >= 0.6 is 0 Å². The summed E-state index contributed by atoms with van der Waals surface area (Å²) in [4.78, 5) is 30.2. The van der Waals surface area contributed by atoms with E-state index in [-0.39, 0.29) is 23.7 Å². The first kappa shape index (κ1) is 32.8. The van der Waals surface area contributed by atoms with Gasteiger partial charge in [-0.1, -0.05) is 54.6 Å². The van der Waals surface area contributed by atoms with Crippen molar-refractivity contribution in [1.29, 1.82) is 0 Å². The number of hydrogen-bond acceptors (Lipinski definition) is 10. The van der Waals surface area contributed by atoms with Gasteiger partial charge < -0.3 is 33.7 Å². The molecular weight excluding hydrogens is 616 g/mol. The lowest BCUT2D eigenvalue weighted by Gasteiger charge is -2.37. The summed E-state index contributed by atoms with van der Waals surface area (Å²) >= 11 is 0. The number of aromatic nitrogens is 4. The van der Waals surface area contributed by atoms with E-state index in [1.165, 1.54) is 19.8 Å². The van der Waals surface area contributed by atoms with Crippen LogP contribution in [0.2, 0.25) is 0 Å². The van der Waals surface area contributed by atoms with Crippen LogP contribution in [0.4, 0.5) is 5.95 Å². The average Bonchev–Trinajstić information content (AvgIpc) is 3.68. The van der Waals surface area contributed by atoms with Crippen molar-refractivity contribution in [3.05, 3.63) is 112 Å².